The lowest BCUT2D eigenvalue weighted by Gasteiger charge is -2.41. The molecule has 3 aliphatic heterocycles. The monoisotopic (exact) mass is 398 g/mol. The molecular formula is C24H34N2O3. The first-order valence-electron chi connectivity index (χ1n) is 10.9. The standard InChI is InChI=1S/C24H34N2O3/c1-18-7-10-23(29-17-21-6-4-5-14-27-21)26-12-11-19-16-20(28-15-13-25(2)3)8-9-22(19)24(18)26/h7-10,16,21,23H,4-6,11-15,17H2,1-3H3. The zero-order chi connectivity index (χ0) is 20.2. The number of ether oxygens (including phenoxy) is 3. The van der Waals surface area contributed by atoms with Crippen molar-refractivity contribution in [2.75, 3.05) is 47.0 Å². The zero-order valence-electron chi connectivity index (χ0n) is 18.0. The molecule has 3 heterocycles. The van der Waals surface area contributed by atoms with Crippen LogP contribution in [-0.2, 0) is 15.9 Å². The van der Waals surface area contributed by atoms with Crippen molar-refractivity contribution in [1.29, 1.82) is 0 Å². The van der Waals surface area contributed by atoms with Crippen LogP contribution >= 0.6 is 0 Å². The van der Waals surface area contributed by atoms with Crippen molar-refractivity contribution in [3.8, 4) is 5.75 Å². The van der Waals surface area contributed by atoms with E-state index >= 15 is 0 Å². The van der Waals surface area contributed by atoms with E-state index in [9.17, 15) is 0 Å². The average molecular weight is 399 g/mol. The zero-order valence-corrected chi connectivity index (χ0v) is 18.0. The summed E-state index contributed by atoms with van der Waals surface area (Å²) in [5.74, 6) is 0.964. The Kier molecular flexibility index (Phi) is 6.58. The van der Waals surface area contributed by atoms with Gasteiger partial charge < -0.3 is 24.0 Å². The molecule has 0 bridgehead atoms. The minimum absolute atomic E-state index is 0.0107. The summed E-state index contributed by atoms with van der Waals surface area (Å²) in [7, 11) is 4.13. The quantitative estimate of drug-likeness (QED) is 0.700. The molecule has 1 saturated heterocycles. The summed E-state index contributed by atoms with van der Waals surface area (Å²) < 4.78 is 18.1. The summed E-state index contributed by atoms with van der Waals surface area (Å²) in [6.07, 6.45) is 9.15. The van der Waals surface area contributed by atoms with Crippen molar-refractivity contribution in [3.05, 3.63) is 47.1 Å². The molecule has 0 aromatic heterocycles. The van der Waals surface area contributed by atoms with Gasteiger partial charge in [-0.25, -0.2) is 0 Å². The predicted molar refractivity (Wildman–Crippen MR) is 116 cm³/mol. The van der Waals surface area contributed by atoms with Crippen molar-refractivity contribution in [3.63, 3.8) is 0 Å². The van der Waals surface area contributed by atoms with Crippen LogP contribution in [0.15, 0.2) is 35.9 Å². The molecule has 0 aliphatic carbocycles. The minimum Gasteiger partial charge on any atom is -0.492 e. The van der Waals surface area contributed by atoms with Gasteiger partial charge in [0.2, 0.25) is 0 Å². The minimum atomic E-state index is -0.0107. The second kappa shape index (κ2) is 9.33. The molecule has 4 rings (SSSR count). The highest BCUT2D eigenvalue weighted by molar-refractivity contribution is 5.75. The van der Waals surface area contributed by atoms with Gasteiger partial charge in [-0.3, -0.25) is 0 Å². The SMILES string of the molecule is CC1=C2c3ccc(OCCN(C)C)cc3CCN2C(OCC2CCCCO2)C=C1. The van der Waals surface area contributed by atoms with E-state index in [0.717, 1.165) is 38.3 Å². The molecule has 0 spiro atoms. The normalized spacial score (nSPS) is 23.9. The van der Waals surface area contributed by atoms with Crippen molar-refractivity contribution in [1.82, 2.24) is 9.80 Å². The smallest absolute Gasteiger partial charge is 0.149 e. The van der Waals surface area contributed by atoms with Gasteiger partial charge in [0.15, 0.2) is 0 Å². The molecule has 29 heavy (non-hydrogen) atoms. The van der Waals surface area contributed by atoms with Crippen molar-refractivity contribution < 1.29 is 14.2 Å². The third kappa shape index (κ3) is 4.85. The van der Waals surface area contributed by atoms with Crippen LogP contribution in [0.1, 0.15) is 37.3 Å². The molecule has 1 fully saturated rings. The van der Waals surface area contributed by atoms with E-state index in [-0.39, 0.29) is 12.3 Å². The van der Waals surface area contributed by atoms with E-state index in [0.29, 0.717) is 13.2 Å². The molecule has 0 saturated carbocycles. The molecule has 5 nitrogen and oxygen atoms in total. The molecule has 2 atom stereocenters. The molecule has 0 radical (unpaired) electrons. The third-order valence-electron chi connectivity index (χ3n) is 5.97. The summed E-state index contributed by atoms with van der Waals surface area (Å²) in [5, 5.41) is 0. The maximum atomic E-state index is 6.31. The summed E-state index contributed by atoms with van der Waals surface area (Å²) >= 11 is 0. The number of fused-ring (bicyclic) bond motifs is 3. The Morgan fingerprint density at radius 2 is 2.14 bits per heavy atom. The van der Waals surface area contributed by atoms with Gasteiger partial charge in [-0.05, 0) is 82.1 Å². The Bertz CT molecular complexity index is 765. The van der Waals surface area contributed by atoms with Crippen LogP contribution in [0.4, 0.5) is 0 Å². The lowest BCUT2D eigenvalue weighted by atomic mass is 9.91. The number of benzene rings is 1. The van der Waals surface area contributed by atoms with E-state index in [1.54, 1.807) is 0 Å². The predicted octanol–water partition coefficient (Wildman–Crippen LogP) is 3.70. The number of rotatable bonds is 7. The Labute approximate surface area is 174 Å². The van der Waals surface area contributed by atoms with Gasteiger partial charge in [-0.1, -0.05) is 6.08 Å². The molecule has 3 aliphatic rings. The molecular weight excluding hydrogens is 364 g/mol. The van der Waals surface area contributed by atoms with E-state index in [1.165, 1.54) is 35.2 Å². The van der Waals surface area contributed by atoms with Crippen molar-refractivity contribution in [2.45, 2.75) is 44.9 Å². The second-order valence-electron chi connectivity index (χ2n) is 8.52. The topological polar surface area (TPSA) is 34.2 Å². The molecule has 1 aromatic carbocycles. The fraction of sp³-hybridized carbons (Fsp3) is 0.583. The summed E-state index contributed by atoms with van der Waals surface area (Å²) in [6, 6.07) is 6.53. The Balaban J connectivity index is 1.45. The first-order valence-corrected chi connectivity index (χ1v) is 10.9. The molecule has 158 valence electrons. The molecule has 0 amide bonds. The van der Waals surface area contributed by atoms with Crippen LogP contribution in [0.5, 0.6) is 5.75 Å². The van der Waals surface area contributed by atoms with Crippen molar-refractivity contribution in [2.24, 2.45) is 0 Å². The van der Waals surface area contributed by atoms with Crippen LogP contribution < -0.4 is 4.74 Å². The van der Waals surface area contributed by atoms with Crippen LogP contribution in [0.3, 0.4) is 0 Å². The summed E-state index contributed by atoms with van der Waals surface area (Å²) in [6.45, 7) is 6.32. The average Bonchev–Trinajstić information content (AvgIpc) is 2.73. The van der Waals surface area contributed by atoms with E-state index in [2.05, 4.69) is 61.2 Å². The Morgan fingerprint density at radius 1 is 1.24 bits per heavy atom. The lowest BCUT2D eigenvalue weighted by Crippen LogP contribution is -2.42. The Morgan fingerprint density at radius 3 is 2.93 bits per heavy atom. The summed E-state index contributed by atoms with van der Waals surface area (Å²) in [5.41, 5.74) is 5.26. The van der Waals surface area contributed by atoms with Gasteiger partial charge in [0, 0.05) is 31.0 Å². The van der Waals surface area contributed by atoms with Gasteiger partial charge in [0.25, 0.3) is 0 Å². The Hall–Kier alpha value is -1.82. The number of hydrogen-bond donors (Lipinski definition) is 0. The highest BCUT2D eigenvalue weighted by Gasteiger charge is 2.30. The van der Waals surface area contributed by atoms with Gasteiger partial charge in [-0.2, -0.15) is 0 Å². The van der Waals surface area contributed by atoms with Gasteiger partial charge >= 0.3 is 0 Å². The lowest BCUT2D eigenvalue weighted by molar-refractivity contribution is -0.0803. The van der Waals surface area contributed by atoms with Crippen LogP contribution in [0, 0.1) is 0 Å². The number of allylic oxidation sites excluding steroid dienone is 2. The maximum Gasteiger partial charge on any atom is 0.149 e. The molecule has 0 N–H and O–H groups in total. The molecule has 5 heteroatoms. The van der Waals surface area contributed by atoms with E-state index < -0.39 is 0 Å². The van der Waals surface area contributed by atoms with Crippen molar-refractivity contribution >= 4 is 5.70 Å². The molecule has 1 aromatic rings. The maximum absolute atomic E-state index is 6.31. The second-order valence-corrected chi connectivity index (χ2v) is 8.52. The number of likely N-dealkylation sites (N-methyl/N-ethyl adjacent to an activating group) is 1. The highest BCUT2D eigenvalue weighted by Crippen LogP contribution is 2.37. The van der Waals surface area contributed by atoms with Crippen LogP contribution in [-0.4, -0.2) is 69.1 Å². The number of nitrogens with zero attached hydrogens (tertiary/aromatic N) is 2. The summed E-state index contributed by atoms with van der Waals surface area (Å²) in [4.78, 5) is 4.55. The van der Waals surface area contributed by atoms with Gasteiger partial charge in [0.1, 0.15) is 18.6 Å². The van der Waals surface area contributed by atoms with Gasteiger partial charge in [-0.15, -0.1) is 0 Å². The fourth-order valence-corrected chi connectivity index (χ4v) is 4.34. The van der Waals surface area contributed by atoms with Gasteiger partial charge in [0.05, 0.1) is 12.7 Å². The van der Waals surface area contributed by atoms with Crippen LogP contribution in [0.25, 0.3) is 5.70 Å². The first-order chi connectivity index (χ1) is 14.1. The third-order valence-corrected chi connectivity index (χ3v) is 5.97. The fourth-order valence-electron chi connectivity index (χ4n) is 4.34. The van der Waals surface area contributed by atoms with E-state index in [1.807, 2.05) is 0 Å². The number of hydrogen-bond acceptors (Lipinski definition) is 5. The first kappa shape index (κ1) is 20.5. The largest absolute Gasteiger partial charge is 0.492 e. The highest BCUT2D eigenvalue weighted by atomic mass is 16.5. The van der Waals surface area contributed by atoms with Crippen LogP contribution in [0.2, 0.25) is 0 Å². The van der Waals surface area contributed by atoms with E-state index in [4.69, 9.17) is 14.2 Å². The molecule has 2 unspecified atom stereocenters.